The van der Waals surface area contributed by atoms with Gasteiger partial charge in [0.1, 0.15) is 0 Å². The Hall–Kier alpha value is -2.82. The molecule has 2 N–H and O–H groups in total. The molecule has 2 amide bonds. The number of nitrogens with one attached hydrogen (secondary N) is 2. The van der Waals surface area contributed by atoms with Crippen LogP contribution in [0, 0.1) is 20.8 Å². The van der Waals surface area contributed by atoms with E-state index >= 15 is 0 Å². The van der Waals surface area contributed by atoms with Gasteiger partial charge in [-0.2, -0.15) is 0 Å². The summed E-state index contributed by atoms with van der Waals surface area (Å²) in [4.78, 5) is 26.4. The Labute approximate surface area is 161 Å². The van der Waals surface area contributed by atoms with E-state index in [0.29, 0.717) is 18.7 Å². The average molecular weight is 367 g/mol. The molecule has 0 atom stereocenters. The maximum absolute atomic E-state index is 12.3. The van der Waals surface area contributed by atoms with E-state index in [4.69, 9.17) is 0 Å². The summed E-state index contributed by atoms with van der Waals surface area (Å²) in [7, 11) is 0. The molecule has 144 valence electrons. The normalized spacial score (nSPS) is 10.4. The van der Waals surface area contributed by atoms with Gasteiger partial charge in [-0.1, -0.05) is 17.7 Å². The highest BCUT2D eigenvalue weighted by molar-refractivity contribution is 5.96. The highest BCUT2D eigenvalue weighted by Crippen LogP contribution is 2.21. The molecule has 2 aromatic rings. The smallest absolute Gasteiger partial charge is 0.253 e. The first-order chi connectivity index (χ1) is 12.8. The second-order valence-electron chi connectivity index (χ2n) is 6.73. The molecule has 0 radical (unpaired) electrons. The molecule has 0 aliphatic rings. The molecule has 0 saturated heterocycles. The Morgan fingerprint density at radius 2 is 1.48 bits per heavy atom. The molecule has 0 unspecified atom stereocenters. The van der Waals surface area contributed by atoms with Crippen molar-refractivity contribution < 1.29 is 9.59 Å². The van der Waals surface area contributed by atoms with Crippen LogP contribution >= 0.6 is 0 Å². The summed E-state index contributed by atoms with van der Waals surface area (Å²) in [5.74, 6) is -0.0806. The number of hydrogen-bond donors (Lipinski definition) is 2. The van der Waals surface area contributed by atoms with E-state index < -0.39 is 0 Å². The maximum Gasteiger partial charge on any atom is 0.253 e. The number of hydrogen-bond acceptors (Lipinski definition) is 3. The van der Waals surface area contributed by atoms with Gasteiger partial charge in [0.2, 0.25) is 5.91 Å². The minimum Gasteiger partial charge on any atom is -0.376 e. The minimum absolute atomic E-state index is 0.0228. The monoisotopic (exact) mass is 367 g/mol. The lowest BCUT2D eigenvalue weighted by molar-refractivity contribution is -0.114. The molecule has 0 saturated carbocycles. The van der Waals surface area contributed by atoms with Crippen LogP contribution in [0.2, 0.25) is 0 Å². The average Bonchev–Trinajstić information content (AvgIpc) is 2.64. The third-order valence-corrected chi connectivity index (χ3v) is 4.58. The van der Waals surface area contributed by atoms with Gasteiger partial charge in [-0.25, -0.2) is 0 Å². The predicted octanol–water partition coefficient (Wildman–Crippen LogP) is 4.14. The van der Waals surface area contributed by atoms with E-state index in [1.54, 1.807) is 17.0 Å². The van der Waals surface area contributed by atoms with Gasteiger partial charge in [0.25, 0.3) is 5.91 Å². The largest absolute Gasteiger partial charge is 0.376 e. The second kappa shape index (κ2) is 9.21. The predicted molar refractivity (Wildman–Crippen MR) is 111 cm³/mol. The lowest BCUT2D eigenvalue weighted by atomic mass is 10.1. The topological polar surface area (TPSA) is 61.4 Å². The van der Waals surface area contributed by atoms with Gasteiger partial charge in [0.05, 0.1) is 6.54 Å². The summed E-state index contributed by atoms with van der Waals surface area (Å²) >= 11 is 0. The molecule has 0 bridgehead atoms. The quantitative estimate of drug-likeness (QED) is 0.773. The molecule has 0 fully saturated rings. The van der Waals surface area contributed by atoms with Crippen LogP contribution in [0.1, 0.15) is 40.9 Å². The first-order valence-electron chi connectivity index (χ1n) is 9.36. The zero-order valence-corrected chi connectivity index (χ0v) is 16.8. The molecule has 2 aromatic carbocycles. The van der Waals surface area contributed by atoms with Crippen molar-refractivity contribution in [2.24, 2.45) is 0 Å². The van der Waals surface area contributed by atoms with Gasteiger partial charge in [-0.3, -0.25) is 9.59 Å². The van der Waals surface area contributed by atoms with Crippen molar-refractivity contribution in [2.45, 2.75) is 34.6 Å². The summed E-state index contributed by atoms with van der Waals surface area (Å²) in [5.41, 5.74) is 5.62. The highest BCUT2D eigenvalue weighted by Gasteiger charge is 2.12. The third-order valence-electron chi connectivity index (χ3n) is 4.58. The molecular weight excluding hydrogens is 338 g/mol. The Balaban J connectivity index is 1.95. The molecule has 0 aromatic heterocycles. The number of nitrogens with zero attached hydrogens (tertiary/aromatic N) is 1. The summed E-state index contributed by atoms with van der Waals surface area (Å²) in [6.07, 6.45) is 0. The summed E-state index contributed by atoms with van der Waals surface area (Å²) in [5, 5.41) is 6.07. The Kier molecular flexibility index (Phi) is 6.99. The van der Waals surface area contributed by atoms with Crippen LogP contribution in [0.15, 0.2) is 36.4 Å². The van der Waals surface area contributed by atoms with Crippen LogP contribution in [0.3, 0.4) is 0 Å². The van der Waals surface area contributed by atoms with E-state index in [2.05, 4.69) is 22.8 Å². The van der Waals surface area contributed by atoms with Crippen molar-refractivity contribution in [1.82, 2.24) is 4.90 Å². The number of benzene rings is 2. The molecule has 0 heterocycles. The van der Waals surface area contributed by atoms with Crippen LogP contribution in [0.5, 0.6) is 0 Å². The van der Waals surface area contributed by atoms with Crippen molar-refractivity contribution in [2.75, 3.05) is 30.3 Å². The fourth-order valence-corrected chi connectivity index (χ4v) is 3.17. The van der Waals surface area contributed by atoms with Gasteiger partial charge in [-0.15, -0.1) is 0 Å². The Bertz CT molecular complexity index is 786. The molecule has 5 heteroatoms. The van der Waals surface area contributed by atoms with Crippen molar-refractivity contribution in [3.63, 3.8) is 0 Å². The first kappa shape index (κ1) is 20.5. The zero-order valence-electron chi connectivity index (χ0n) is 16.8. The zero-order chi connectivity index (χ0) is 20.0. The number of rotatable bonds is 7. The summed E-state index contributed by atoms with van der Waals surface area (Å²) < 4.78 is 0. The molecule has 5 nitrogen and oxygen atoms in total. The number of carbonyl (C=O) groups is 2. The van der Waals surface area contributed by atoms with Crippen molar-refractivity contribution in [3.05, 3.63) is 58.7 Å². The Morgan fingerprint density at radius 1 is 0.926 bits per heavy atom. The standard InChI is InChI=1S/C22H29N3O2/c1-6-25(7-2)22(27)18-8-10-19(11-9-18)23-14-20(26)24-21-16(4)12-15(3)13-17(21)5/h8-13,23H,6-7,14H2,1-5H3,(H,24,26). The van der Waals surface area contributed by atoms with E-state index in [1.807, 2.05) is 46.8 Å². The number of amides is 2. The lowest BCUT2D eigenvalue weighted by Gasteiger charge is -2.18. The van der Waals surface area contributed by atoms with E-state index in [9.17, 15) is 9.59 Å². The molecule has 0 aliphatic heterocycles. The van der Waals surface area contributed by atoms with Gasteiger partial charge in [0.15, 0.2) is 0 Å². The number of anilines is 2. The van der Waals surface area contributed by atoms with E-state index in [1.165, 1.54) is 5.56 Å². The van der Waals surface area contributed by atoms with Crippen molar-refractivity contribution in [1.29, 1.82) is 0 Å². The van der Waals surface area contributed by atoms with Gasteiger partial charge < -0.3 is 15.5 Å². The Morgan fingerprint density at radius 3 is 2.00 bits per heavy atom. The molecule has 2 rings (SSSR count). The third kappa shape index (κ3) is 5.33. The highest BCUT2D eigenvalue weighted by atomic mass is 16.2. The molecule has 0 aliphatic carbocycles. The molecule has 0 spiro atoms. The van der Waals surface area contributed by atoms with E-state index in [-0.39, 0.29) is 18.4 Å². The summed E-state index contributed by atoms with van der Waals surface area (Å²) in [6.45, 7) is 11.5. The lowest BCUT2D eigenvalue weighted by Crippen LogP contribution is -2.30. The van der Waals surface area contributed by atoms with Gasteiger partial charge in [-0.05, 0) is 70.0 Å². The van der Waals surface area contributed by atoms with Crippen LogP contribution in [-0.4, -0.2) is 36.3 Å². The fraction of sp³-hybridized carbons (Fsp3) is 0.364. The van der Waals surface area contributed by atoms with Crippen molar-refractivity contribution >= 4 is 23.2 Å². The van der Waals surface area contributed by atoms with Crippen molar-refractivity contribution in [3.8, 4) is 0 Å². The van der Waals surface area contributed by atoms with E-state index in [0.717, 1.165) is 22.5 Å². The summed E-state index contributed by atoms with van der Waals surface area (Å²) in [6, 6.07) is 11.3. The maximum atomic E-state index is 12.3. The van der Waals surface area contributed by atoms with Crippen LogP contribution in [0.25, 0.3) is 0 Å². The minimum atomic E-state index is -0.103. The van der Waals surface area contributed by atoms with Crippen LogP contribution < -0.4 is 10.6 Å². The first-order valence-corrected chi connectivity index (χ1v) is 9.36. The van der Waals surface area contributed by atoms with Gasteiger partial charge >= 0.3 is 0 Å². The number of aryl methyl sites for hydroxylation is 3. The molecule has 27 heavy (non-hydrogen) atoms. The number of carbonyl (C=O) groups excluding carboxylic acids is 2. The fourth-order valence-electron chi connectivity index (χ4n) is 3.17. The second-order valence-corrected chi connectivity index (χ2v) is 6.73. The van der Waals surface area contributed by atoms with Crippen LogP contribution in [0.4, 0.5) is 11.4 Å². The van der Waals surface area contributed by atoms with Crippen LogP contribution in [-0.2, 0) is 4.79 Å². The molecular formula is C22H29N3O2. The van der Waals surface area contributed by atoms with Gasteiger partial charge in [0, 0.05) is 30.0 Å². The SMILES string of the molecule is CCN(CC)C(=O)c1ccc(NCC(=O)Nc2c(C)cc(C)cc2C)cc1.